The summed E-state index contributed by atoms with van der Waals surface area (Å²) in [7, 11) is 3.39. The number of fused-ring (bicyclic) bond motifs is 5. The van der Waals surface area contributed by atoms with Crippen LogP contribution in [-0.2, 0) is 16.0 Å². The fourth-order valence-corrected chi connectivity index (χ4v) is 5.87. The fourth-order valence-electron chi connectivity index (χ4n) is 5.87. The van der Waals surface area contributed by atoms with Crippen molar-refractivity contribution in [2.45, 2.75) is 46.1 Å². The summed E-state index contributed by atoms with van der Waals surface area (Å²) in [5, 5.41) is 1.21. The maximum Gasteiger partial charge on any atom is 0.253 e. The molecule has 6 heteroatoms. The van der Waals surface area contributed by atoms with Gasteiger partial charge in [0.1, 0.15) is 5.75 Å². The number of aromatic amines is 1. The maximum absolute atomic E-state index is 13.4. The average Bonchev–Trinajstić information content (AvgIpc) is 3.21. The standard InChI is InChI=1S/C26H37N3O3/c1-6-17-15-29-13-12-18-24-21(10-9-11-23(24)32-5)27-25(18)22(29)14-19(17)20(16-31-4)26(30)28(7-2)8-3/h9-11,16-17,19,22,27H,6-8,12-15H2,1-5H3/b20-16+/t17-,19+,22+/m1/s1. The zero-order valence-electron chi connectivity index (χ0n) is 20.1. The molecule has 0 saturated carbocycles. The number of hydrogen-bond donors (Lipinski definition) is 1. The molecule has 2 aliphatic rings. The number of piperidine rings is 1. The first kappa shape index (κ1) is 22.7. The first-order valence-corrected chi connectivity index (χ1v) is 12.0. The number of aromatic nitrogens is 1. The van der Waals surface area contributed by atoms with Crippen molar-refractivity contribution >= 4 is 16.8 Å². The van der Waals surface area contributed by atoms with Crippen LogP contribution in [-0.4, -0.2) is 61.1 Å². The molecule has 32 heavy (non-hydrogen) atoms. The van der Waals surface area contributed by atoms with Gasteiger partial charge in [0, 0.05) is 42.8 Å². The summed E-state index contributed by atoms with van der Waals surface area (Å²) >= 11 is 0. The maximum atomic E-state index is 13.4. The number of carbonyl (C=O) groups is 1. The van der Waals surface area contributed by atoms with E-state index >= 15 is 0 Å². The van der Waals surface area contributed by atoms with E-state index in [9.17, 15) is 4.79 Å². The molecule has 0 unspecified atom stereocenters. The minimum atomic E-state index is 0.114. The molecule has 174 valence electrons. The second kappa shape index (κ2) is 9.57. The number of likely N-dealkylation sites (N-methyl/N-ethyl adjacent to an activating group) is 1. The van der Waals surface area contributed by atoms with Gasteiger partial charge in [0.05, 0.1) is 32.1 Å². The summed E-state index contributed by atoms with van der Waals surface area (Å²) in [4.78, 5) is 21.7. The van der Waals surface area contributed by atoms with Gasteiger partial charge in [-0.05, 0) is 56.2 Å². The molecule has 1 amide bonds. The Morgan fingerprint density at radius 3 is 2.69 bits per heavy atom. The normalized spacial score (nSPS) is 23.5. The van der Waals surface area contributed by atoms with Crippen molar-refractivity contribution in [1.29, 1.82) is 0 Å². The molecule has 1 aromatic carbocycles. The zero-order chi connectivity index (χ0) is 22.8. The van der Waals surface area contributed by atoms with Gasteiger partial charge in [-0.3, -0.25) is 9.69 Å². The third-order valence-corrected chi connectivity index (χ3v) is 7.55. The van der Waals surface area contributed by atoms with Crippen LogP contribution >= 0.6 is 0 Å². The van der Waals surface area contributed by atoms with Crippen molar-refractivity contribution in [3.8, 4) is 5.75 Å². The van der Waals surface area contributed by atoms with Crippen molar-refractivity contribution < 1.29 is 14.3 Å². The van der Waals surface area contributed by atoms with E-state index in [1.54, 1.807) is 20.5 Å². The number of nitrogens with zero attached hydrogens (tertiary/aromatic N) is 2. The van der Waals surface area contributed by atoms with Crippen molar-refractivity contribution in [1.82, 2.24) is 14.8 Å². The van der Waals surface area contributed by atoms with E-state index < -0.39 is 0 Å². The number of hydrogen-bond acceptors (Lipinski definition) is 4. The number of rotatable bonds is 7. The minimum absolute atomic E-state index is 0.114. The van der Waals surface area contributed by atoms with Gasteiger partial charge in [0.25, 0.3) is 5.91 Å². The van der Waals surface area contributed by atoms with Gasteiger partial charge < -0.3 is 19.4 Å². The number of carbonyl (C=O) groups excluding carboxylic acids is 1. The number of ether oxygens (including phenoxy) is 2. The van der Waals surface area contributed by atoms with Crippen molar-refractivity contribution in [3.63, 3.8) is 0 Å². The van der Waals surface area contributed by atoms with Crippen molar-refractivity contribution in [3.05, 3.63) is 41.3 Å². The fraction of sp³-hybridized carbons (Fsp3) is 0.577. The van der Waals surface area contributed by atoms with Crippen LogP contribution in [0, 0.1) is 11.8 Å². The lowest BCUT2D eigenvalue weighted by molar-refractivity contribution is -0.128. The van der Waals surface area contributed by atoms with E-state index in [0.29, 0.717) is 19.0 Å². The van der Waals surface area contributed by atoms with Gasteiger partial charge >= 0.3 is 0 Å². The molecular weight excluding hydrogens is 402 g/mol. The predicted molar refractivity (Wildman–Crippen MR) is 128 cm³/mol. The summed E-state index contributed by atoms with van der Waals surface area (Å²) in [6.45, 7) is 9.79. The Balaban J connectivity index is 1.73. The molecular formula is C26H37N3O3. The lowest BCUT2D eigenvalue weighted by Crippen LogP contribution is -2.48. The Morgan fingerprint density at radius 1 is 1.25 bits per heavy atom. The largest absolute Gasteiger partial charge is 0.504 e. The number of benzene rings is 1. The molecule has 3 atom stereocenters. The Bertz CT molecular complexity index is 992. The molecule has 3 heterocycles. The van der Waals surface area contributed by atoms with E-state index in [0.717, 1.165) is 49.2 Å². The lowest BCUT2D eigenvalue weighted by atomic mass is 9.73. The minimum Gasteiger partial charge on any atom is -0.504 e. The third kappa shape index (κ3) is 3.79. The third-order valence-electron chi connectivity index (χ3n) is 7.55. The molecule has 1 aromatic heterocycles. The zero-order valence-corrected chi connectivity index (χ0v) is 20.1. The van der Waals surface area contributed by atoms with Gasteiger partial charge in [-0.25, -0.2) is 0 Å². The van der Waals surface area contributed by atoms with Crippen LogP contribution in [0.3, 0.4) is 0 Å². The molecule has 2 aromatic rings. The molecule has 0 aliphatic carbocycles. The first-order chi connectivity index (χ1) is 15.6. The summed E-state index contributed by atoms with van der Waals surface area (Å²) in [6.07, 6.45) is 4.70. The first-order valence-electron chi connectivity index (χ1n) is 12.0. The van der Waals surface area contributed by atoms with Gasteiger partial charge in [-0.1, -0.05) is 19.4 Å². The molecule has 0 spiro atoms. The lowest BCUT2D eigenvalue weighted by Gasteiger charge is -2.47. The van der Waals surface area contributed by atoms with E-state index in [4.69, 9.17) is 9.47 Å². The highest BCUT2D eigenvalue weighted by molar-refractivity contribution is 5.94. The topological polar surface area (TPSA) is 57.8 Å². The second-order valence-electron chi connectivity index (χ2n) is 8.96. The Hall–Kier alpha value is -2.47. The molecule has 4 rings (SSSR count). The molecule has 2 aliphatic heterocycles. The van der Waals surface area contributed by atoms with Gasteiger partial charge in [-0.2, -0.15) is 0 Å². The van der Waals surface area contributed by atoms with E-state index in [1.807, 2.05) is 30.9 Å². The Labute approximate surface area is 191 Å². The summed E-state index contributed by atoms with van der Waals surface area (Å²) in [6, 6.07) is 6.49. The highest BCUT2D eigenvalue weighted by Gasteiger charge is 2.43. The van der Waals surface area contributed by atoms with Gasteiger partial charge in [0.15, 0.2) is 0 Å². The van der Waals surface area contributed by atoms with E-state index in [-0.39, 0.29) is 17.9 Å². The smallest absolute Gasteiger partial charge is 0.253 e. The van der Waals surface area contributed by atoms with Crippen LogP contribution in [0.4, 0.5) is 0 Å². The highest BCUT2D eigenvalue weighted by Crippen LogP contribution is 2.47. The van der Waals surface area contributed by atoms with Crippen LogP contribution in [0.15, 0.2) is 30.0 Å². The van der Waals surface area contributed by atoms with E-state index in [2.05, 4.69) is 22.9 Å². The number of H-pyrrole nitrogens is 1. The Kier molecular flexibility index (Phi) is 6.79. The Morgan fingerprint density at radius 2 is 2.03 bits per heavy atom. The van der Waals surface area contributed by atoms with Gasteiger partial charge in [0.2, 0.25) is 0 Å². The van der Waals surface area contributed by atoms with Gasteiger partial charge in [-0.15, -0.1) is 0 Å². The molecule has 1 N–H and O–H groups in total. The molecule has 1 fully saturated rings. The number of nitrogens with one attached hydrogen (secondary N) is 1. The molecule has 1 saturated heterocycles. The van der Waals surface area contributed by atoms with Crippen LogP contribution in [0.2, 0.25) is 0 Å². The molecule has 0 bridgehead atoms. The summed E-state index contributed by atoms with van der Waals surface area (Å²) < 4.78 is 11.1. The van der Waals surface area contributed by atoms with Crippen LogP contribution in [0.25, 0.3) is 10.9 Å². The highest BCUT2D eigenvalue weighted by atomic mass is 16.5. The second-order valence-corrected chi connectivity index (χ2v) is 8.96. The van der Waals surface area contributed by atoms with Crippen LogP contribution in [0.5, 0.6) is 5.75 Å². The van der Waals surface area contributed by atoms with Crippen molar-refractivity contribution in [2.24, 2.45) is 11.8 Å². The SMILES string of the molecule is CC[C@@H]1CN2CCc3c([nH]c4cccc(OC)c34)[C@@H]2C[C@@H]1/C(=C\OC)C(=O)N(CC)CC. The number of amides is 1. The molecule has 6 nitrogen and oxygen atoms in total. The van der Waals surface area contributed by atoms with Crippen LogP contribution in [0.1, 0.15) is 50.9 Å². The predicted octanol–water partition coefficient (Wildman–Crippen LogP) is 4.52. The van der Waals surface area contributed by atoms with Crippen molar-refractivity contribution in [2.75, 3.05) is 40.4 Å². The van der Waals surface area contributed by atoms with Crippen LogP contribution < -0.4 is 4.74 Å². The summed E-state index contributed by atoms with van der Waals surface area (Å²) in [5.74, 6) is 1.66. The summed E-state index contributed by atoms with van der Waals surface area (Å²) in [5.41, 5.74) is 4.63. The van der Waals surface area contributed by atoms with E-state index in [1.165, 1.54) is 16.6 Å². The molecule has 0 radical (unpaired) electrons. The average molecular weight is 440 g/mol. The number of methoxy groups -OCH3 is 2. The monoisotopic (exact) mass is 439 g/mol. The quantitative estimate of drug-likeness (QED) is 0.509.